The minimum absolute atomic E-state index is 0.0887. The highest BCUT2D eigenvalue weighted by Crippen LogP contribution is 2.27. The topological polar surface area (TPSA) is 61.4 Å². The SMILES string of the molecule is CC(Cc1ccsc1)NC(=O)NCC1CCc2cc(O)ccc2C1. The molecule has 2 atom stereocenters. The average molecular weight is 344 g/mol. The summed E-state index contributed by atoms with van der Waals surface area (Å²) in [4.78, 5) is 12.1. The van der Waals surface area contributed by atoms with E-state index in [4.69, 9.17) is 0 Å². The number of aromatic hydroxyl groups is 1. The maximum absolute atomic E-state index is 12.1. The van der Waals surface area contributed by atoms with Crippen LogP contribution < -0.4 is 10.6 Å². The lowest BCUT2D eigenvalue weighted by Gasteiger charge is -2.25. The number of carbonyl (C=O) groups is 1. The van der Waals surface area contributed by atoms with Crippen molar-refractivity contribution < 1.29 is 9.90 Å². The molecule has 5 heteroatoms. The minimum Gasteiger partial charge on any atom is -0.508 e. The van der Waals surface area contributed by atoms with Gasteiger partial charge in [-0.05, 0) is 84.2 Å². The van der Waals surface area contributed by atoms with Gasteiger partial charge in [-0.2, -0.15) is 11.3 Å². The van der Waals surface area contributed by atoms with Gasteiger partial charge in [-0.25, -0.2) is 4.79 Å². The van der Waals surface area contributed by atoms with E-state index in [-0.39, 0.29) is 12.1 Å². The highest BCUT2D eigenvalue weighted by molar-refractivity contribution is 7.07. The fourth-order valence-corrected chi connectivity index (χ4v) is 4.00. The van der Waals surface area contributed by atoms with Crippen molar-refractivity contribution in [3.8, 4) is 5.75 Å². The third kappa shape index (κ3) is 4.51. The Morgan fingerprint density at radius 1 is 1.38 bits per heavy atom. The number of urea groups is 1. The van der Waals surface area contributed by atoms with Crippen LogP contribution in [0.25, 0.3) is 0 Å². The number of phenolic OH excluding ortho intramolecular Hbond substituents is 1. The van der Waals surface area contributed by atoms with E-state index < -0.39 is 0 Å². The summed E-state index contributed by atoms with van der Waals surface area (Å²) in [5, 5.41) is 19.7. The second kappa shape index (κ2) is 7.71. The van der Waals surface area contributed by atoms with Crippen LogP contribution in [0.3, 0.4) is 0 Å². The highest BCUT2D eigenvalue weighted by atomic mass is 32.1. The molecule has 1 heterocycles. The first-order valence-corrected chi connectivity index (χ1v) is 9.40. The fraction of sp³-hybridized carbons (Fsp3) is 0.421. The van der Waals surface area contributed by atoms with Crippen LogP contribution in [0, 0.1) is 5.92 Å². The maximum atomic E-state index is 12.1. The number of nitrogens with one attached hydrogen (secondary N) is 2. The minimum atomic E-state index is -0.0887. The summed E-state index contributed by atoms with van der Waals surface area (Å²) in [6.45, 7) is 2.72. The third-order valence-electron chi connectivity index (χ3n) is 4.57. The van der Waals surface area contributed by atoms with Crippen LogP contribution in [-0.2, 0) is 19.3 Å². The van der Waals surface area contributed by atoms with Crippen molar-refractivity contribution in [3.05, 3.63) is 51.7 Å². The Balaban J connectivity index is 1.42. The van der Waals surface area contributed by atoms with Gasteiger partial charge in [0.15, 0.2) is 0 Å². The standard InChI is InChI=1S/C19H24N2O2S/c1-13(8-15-6-7-24-12-15)21-19(23)20-11-14-2-3-17-10-18(22)5-4-16(17)9-14/h4-7,10,12-14,22H,2-3,8-9,11H2,1H3,(H2,20,21,23). The van der Waals surface area contributed by atoms with E-state index in [0.717, 1.165) is 25.7 Å². The monoisotopic (exact) mass is 344 g/mol. The smallest absolute Gasteiger partial charge is 0.315 e. The summed E-state index contributed by atoms with van der Waals surface area (Å²) in [7, 11) is 0. The lowest BCUT2D eigenvalue weighted by Crippen LogP contribution is -2.43. The van der Waals surface area contributed by atoms with Crippen LogP contribution in [0.1, 0.15) is 30.0 Å². The maximum Gasteiger partial charge on any atom is 0.315 e. The molecule has 1 aromatic carbocycles. The fourth-order valence-electron chi connectivity index (χ4n) is 3.32. The Hall–Kier alpha value is -2.01. The zero-order valence-electron chi connectivity index (χ0n) is 13.9. The summed E-state index contributed by atoms with van der Waals surface area (Å²) in [6, 6.07) is 7.73. The van der Waals surface area contributed by atoms with E-state index in [1.54, 1.807) is 17.4 Å². The average Bonchev–Trinajstić information content (AvgIpc) is 3.05. The number of phenols is 1. The summed E-state index contributed by atoms with van der Waals surface area (Å²) in [5.74, 6) is 0.796. The second-order valence-electron chi connectivity index (χ2n) is 6.65. The first kappa shape index (κ1) is 16.8. The van der Waals surface area contributed by atoms with Crippen molar-refractivity contribution in [3.63, 3.8) is 0 Å². The summed E-state index contributed by atoms with van der Waals surface area (Å²) >= 11 is 1.68. The molecule has 1 aliphatic rings. The van der Waals surface area contributed by atoms with Crippen LogP contribution in [0.5, 0.6) is 5.75 Å². The Bertz CT molecular complexity index is 685. The number of benzene rings is 1. The first-order chi connectivity index (χ1) is 11.6. The second-order valence-corrected chi connectivity index (χ2v) is 7.43. The van der Waals surface area contributed by atoms with Gasteiger partial charge in [0.05, 0.1) is 0 Å². The van der Waals surface area contributed by atoms with E-state index in [9.17, 15) is 9.90 Å². The summed E-state index contributed by atoms with van der Waals surface area (Å²) in [5.41, 5.74) is 3.79. The molecule has 0 saturated heterocycles. The van der Waals surface area contributed by atoms with E-state index in [1.807, 2.05) is 19.1 Å². The number of fused-ring (bicyclic) bond motifs is 1. The predicted molar refractivity (Wildman–Crippen MR) is 97.6 cm³/mol. The van der Waals surface area contributed by atoms with E-state index in [2.05, 4.69) is 27.5 Å². The zero-order valence-corrected chi connectivity index (χ0v) is 14.7. The lowest BCUT2D eigenvalue weighted by atomic mass is 9.84. The molecule has 4 nitrogen and oxygen atoms in total. The molecule has 0 fully saturated rings. The van der Waals surface area contributed by atoms with Crippen molar-refractivity contribution >= 4 is 17.4 Å². The molecule has 3 rings (SSSR count). The Morgan fingerprint density at radius 2 is 2.25 bits per heavy atom. The molecule has 0 saturated carbocycles. The van der Waals surface area contributed by atoms with Gasteiger partial charge < -0.3 is 15.7 Å². The Labute approximate surface area is 146 Å². The Morgan fingerprint density at radius 3 is 3.04 bits per heavy atom. The van der Waals surface area contributed by atoms with Gasteiger partial charge in [0.25, 0.3) is 0 Å². The normalized spacial score (nSPS) is 17.8. The summed E-state index contributed by atoms with van der Waals surface area (Å²) in [6.07, 6.45) is 3.82. The highest BCUT2D eigenvalue weighted by Gasteiger charge is 2.19. The van der Waals surface area contributed by atoms with E-state index in [1.165, 1.54) is 16.7 Å². The lowest BCUT2D eigenvalue weighted by molar-refractivity contribution is 0.235. The van der Waals surface area contributed by atoms with Crippen molar-refractivity contribution in [1.29, 1.82) is 0 Å². The third-order valence-corrected chi connectivity index (χ3v) is 5.30. The first-order valence-electron chi connectivity index (χ1n) is 8.46. The van der Waals surface area contributed by atoms with Crippen LogP contribution in [0.4, 0.5) is 4.79 Å². The number of aryl methyl sites for hydroxylation is 1. The number of amides is 2. The number of carbonyl (C=O) groups excluding carboxylic acids is 1. The van der Waals surface area contributed by atoms with Gasteiger partial charge in [-0.1, -0.05) is 6.07 Å². The van der Waals surface area contributed by atoms with Gasteiger partial charge in [-0.15, -0.1) is 0 Å². The van der Waals surface area contributed by atoms with Gasteiger partial charge >= 0.3 is 6.03 Å². The molecular weight excluding hydrogens is 320 g/mol. The molecule has 1 aliphatic carbocycles. The van der Waals surface area contributed by atoms with Crippen LogP contribution in [-0.4, -0.2) is 23.7 Å². The van der Waals surface area contributed by atoms with Gasteiger partial charge in [-0.3, -0.25) is 0 Å². The molecule has 1 aromatic heterocycles. The molecule has 0 spiro atoms. The Kier molecular flexibility index (Phi) is 5.41. The van der Waals surface area contributed by atoms with Crippen molar-refractivity contribution in [2.75, 3.05) is 6.54 Å². The van der Waals surface area contributed by atoms with Crippen molar-refractivity contribution in [2.24, 2.45) is 5.92 Å². The molecule has 24 heavy (non-hydrogen) atoms. The number of rotatable bonds is 5. The number of thiophene rings is 1. The molecule has 0 bridgehead atoms. The van der Waals surface area contributed by atoms with Crippen molar-refractivity contribution in [1.82, 2.24) is 10.6 Å². The zero-order chi connectivity index (χ0) is 16.9. The molecule has 0 radical (unpaired) electrons. The summed E-state index contributed by atoms with van der Waals surface area (Å²) < 4.78 is 0. The van der Waals surface area contributed by atoms with E-state index >= 15 is 0 Å². The van der Waals surface area contributed by atoms with Crippen LogP contribution in [0.15, 0.2) is 35.0 Å². The molecule has 2 unspecified atom stereocenters. The number of hydrogen-bond acceptors (Lipinski definition) is 3. The van der Waals surface area contributed by atoms with Crippen LogP contribution in [0.2, 0.25) is 0 Å². The van der Waals surface area contributed by atoms with Gasteiger partial charge in [0, 0.05) is 12.6 Å². The molecular formula is C19H24N2O2S. The quantitative estimate of drug-likeness (QED) is 0.777. The number of hydrogen-bond donors (Lipinski definition) is 3. The van der Waals surface area contributed by atoms with Crippen LogP contribution >= 0.6 is 11.3 Å². The molecule has 0 aliphatic heterocycles. The van der Waals surface area contributed by atoms with Gasteiger partial charge in [0.2, 0.25) is 0 Å². The largest absolute Gasteiger partial charge is 0.508 e. The molecule has 2 amide bonds. The molecule has 3 N–H and O–H groups in total. The molecule has 2 aromatic rings. The van der Waals surface area contributed by atoms with Gasteiger partial charge in [0.1, 0.15) is 5.75 Å². The van der Waals surface area contributed by atoms with E-state index in [0.29, 0.717) is 18.2 Å². The van der Waals surface area contributed by atoms with Crippen molar-refractivity contribution in [2.45, 2.75) is 38.6 Å². The molecule has 128 valence electrons. The predicted octanol–water partition coefficient (Wildman–Crippen LogP) is 3.49.